The number of aryl methyl sites for hydroxylation is 1. The molecule has 2 aromatic rings. The second-order valence-electron chi connectivity index (χ2n) is 5.24. The van der Waals surface area contributed by atoms with Gasteiger partial charge in [-0.05, 0) is 37.6 Å². The van der Waals surface area contributed by atoms with Crippen LogP contribution in [0.2, 0.25) is 0 Å². The number of nitrogens with zero attached hydrogens (tertiary/aromatic N) is 1. The molecule has 0 aliphatic heterocycles. The van der Waals surface area contributed by atoms with Crippen molar-refractivity contribution in [3.8, 4) is 10.4 Å². The Morgan fingerprint density at radius 2 is 1.90 bits per heavy atom. The second-order valence-corrected chi connectivity index (χ2v) is 6.40. The molecule has 0 bridgehead atoms. The Balaban J connectivity index is 2.07. The van der Waals surface area contributed by atoms with Gasteiger partial charge in [-0.25, -0.2) is 0 Å². The van der Waals surface area contributed by atoms with E-state index in [4.69, 9.17) is 5.11 Å². The molecule has 0 unspecified atom stereocenters. The van der Waals surface area contributed by atoms with Crippen LogP contribution in [0.1, 0.15) is 23.8 Å². The van der Waals surface area contributed by atoms with Gasteiger partial charge in [0.25, 0.3) is 0 Å². The lowest BCUT2D eigenvalue weighted by molar-refractivity contribution is -0.138. The molecule has 1 aromatic carbocycles. The third-order valence-corrected chi connectivity index (χ3v) is 4.39. The summed E-state index contributed by atoms with van der Waals surface area (Å²) in [7, 11) is 0. The monoisotopic (exact) mass is 303 g/mol. The fraction of sp³-hybridized carbons (Fsp3) is 0.353. The maximum atomic E-state index is 10.9. The number of thiophene rings is 1. The maximum absolute atomic E-state index is 10.9. The van der Waals surface area contributed by atoms with Crippen LogP contribution in [0, 0.1) is 6.92 Å². The summed E-state index contributed by atoms with van der Waals surface area (Å²) in [5.41, 5.74) is 2.48. The molecule has 0 radical (unpaired) electrons. The number of benzene rings is 1. The molecule has 1 heterocycles. The van der Waals surface area contributed by atoms with E-state index in [2.05, 4.69) is 50.2 Å². The number of carboxylic acids is 1. The van der Waals surface area contributed by atoms with Crippen molar-refractivity contribution in [1.29, 1.82) is 0 Å². The van der Waals surface area contributed by atoms with E-state index in [0.29, 0.717) is 6.54 Å². The molecule has 0 aliphatic carbocycles. The Bertz CT molecular complexity index is 589. The van der Waals surface area contributed by atoms with Crippen molar-refractivity contribution < 1.29 is 9.90 Å². The molecule has 1 N–H and O–H groups in total. The molecule has 0 amide bonds. The highest BCUT2D eigenvalue weighted by molar-refractivity contribution is 7.15. The fourth-order valence-corrected chi connectivity index (χ4v) is 3.33. The Morgan fingerprint density at radius 3 is 2.52 bits per heavy atom. The van der Waals surface area contributed by atoms with Crippen molar-refractivity contribution in [3.63, 3.8) is 0 Å². The normalized spacial score (nSPS) is 11.0. The first-order chi connectivity index (χ1) is 10.1. The molecule has 0 atom stereocenters. The van der Waals surface area contributed by atoms with Crippen LogP contribution in [0.5, 0.6) is 0 Å². The maximum Gasteiger partial charge on any atom is 0.317 e. The van der Waals surface area contributed by atoms with Crippen molar-refractivity contribution in [3.05, 3.63) is 46.8 Å². The van der Waals surface area contributed by atoms with Crippen molar-refractivity contribution in [2.75, 3.05) is 13.1 Å². The smallest absolute Gasteiger partial charge is 0.317 e. The Hall–Kier alpha value is -1.65. The minimum Gasteiger partial charge on any atom is -0.480 e. The van der Waals surface area contributed by atoms with Gasteiger partial charge in [-0.3, -0.25) is 9.69 Å². The zero-order chi connectivity index (χ0) is 15.2. The second kappa shape index (κ2) is 7.38. The predicted molar refractivity (Wildman–Crippen MR) is 87.7 cm³/mol. The average molecular weight is 303 g/mol. The molecule has 2 rings (SSSR count). The van der Waals surface area contributed by atoms with Crippen LogP contribution in [-0.2, 0) is 11.3 Å². The largest absolute Gasteiger partial charge is 0.480 e. The zero-order valence-corrected chi connectivity index (χ0v) is 13.3. The van der Waals surface area contributed by atoms with Gasteiger partial charge < -0.3 is 5.11 Å². The quantitative estimate of drug-likeness (QED) is 0.840. The van der Waals surface area contributed by atoms with E-state index < -0.39 is 5.97 Å². The van der Waals surface area contributed by atoms with Crippen LogP contribution in [-0.4, -0.2) is 29.1 Å². The number of carbonyl (C=O) groups is 1. The number of carboxylic acid groups (broad SMARTS) is 1. The van der Waals surface area contributed by atoms with Crippen LogP contribution in [0.15, 0.2) is 36.4 Å². The van der Waals surface area contributed by atoms with Crippen LogP contribution >= 0.6 is 11.3 Å². The van der Waals surface area contributed by atoms with E-state index >= 15 is 0 Å². The molecule has 0 spiro atoms. The third-order valence-electron chi connectivity index (χ3n) is 3.28. The van der Waals surface area contributed by atoms with Gasteiger partial charge in [-0.1, -0.05) is 36.8 Å². The van der Waals surface area contributed by atoms with Gasteiger partial charge in [0.2, 0.25) is 0 Å². The Morgan fingerprint density at radius 1 is 1.19 bits per heavy atom. The van der Waals surface area contributed by atoms with Gasteiger partial charge in [0.15, 0.2) is 0 Å². The van der Waals surface area contributed by atoms with E-state index in [1.165, 1.54) is 20.9 Å². The molecule has 4 heteroatoms. The summed E-state index contributed by atoms with van der Waals surface area (Å²) in [5, 5.41) is 8.96. The standard InChI is InChI=1S/C17H21NO2S/c1-3-10-18(12-17(19)20)11-15-8-9-16(21-15)14-6-4-13(2)5-7-14/h4-9H,3,10-12H2,1-2H3,(H,19,20). The molecular formula is C17H21NO2S. The van der Waals surface area contributed by atoms with Crippen LogP contribution in [0.4, 0.5) is 0 Å². The Labute approximate surface area is 129 Å². The molecule has 3 nitrogen and oxygen atoms in total. The first-order valence-electron chi connectivity index (χ1n) is 7.18. The highest BCUT2D eigenvalue weighted by Crippen LogP contribution is 2.29. The lowest BCUT2D eigenvalue weighted by atomic mass is 10.1. The number of rotatable bonds is 7. The van der Waals surface area contributed by atoms with Crippen LogP contribution in [0.3, 0.4) is 0 Å². The van der Waals surface area contributed by atoms with Crippen LogP contribution < -0.4 is 0 Å². The van der Waals surface area contributed by atoms with E-state index in [1.54, 1.807) is 11.3 Å². The van der Waals surface area contributed by atoms with E-state index in [-0.39, 0.29) is 6.54 Å². The zero-order valence-electron chi connectivity index (χ0n) is 12.5. The summed E-state index contributed by atoms with van der Waals surface area (Å²) in [5.74, 6) is -0.765. The third kappa shape index (κ3) is 4.69. The van der Waals surface area contributed by atoms with Crippen molar-refractivity contribution in [2.45, 2.75) is 26.8 Å². The first-order valence-corrected chi connectivity index (χ1v) is 8.00. The van der Waals surface area contributed by atoms with E-state index in [1.807, 2.05) is 4.90 Å². The summed E-state index contributed by atoms with van der Waals surface area (Å²) in [4.78, 5) is 15.3. The SMILES string of the molecule is CCCN(CC(=O)O)Cc1ccc(-c2ccc(C)cc2)s1. The molecule has 0 saturated carbocycles. The van der Waals surface area contributed by atoms with E-state index in [0.717, 1.165) is 13.0 Å². The predicted octanol–water partition coefficient (Wildman–Crippen LogP) is 4.02. The molecule has 21 heavy (non-hydrogen) atoms. The lowest BCUT2D eigenvalue weighted by Crippen LogP contribution is -2.29. The van der Waals surface area contributed by atoms with Gasteiger partial charge in [0, 0.05) is 16.3 Å². The fourth-order valence-electron chi connectivity index (χ4n) is 2.28. The van der Waals surface area contributed by atoms with Gasteiger partial charge in [-0.15, -0.1) is 11.3 Å². The summed E-state index contributed by atoms with van der Waals surface area (Å²) in [6, 6.07) is 12.7. The molecule has 0 aliphatic rings. The van der Waals surface area contributed by atoms with Crippen LogP contribution in [0.25, 0.3) is 10.4 Å². The summed E-state index contributed by atoms with van der Waals surface area (Å²) >= 11 is 1.74. The molecule has 112 valence electrons. The topological polar surface area (TPSA) is 40.5 Å². The van der Waals surface area contributed by atoms with Gasteiger partial charge in [0.05, 0.1) is 6.54 Å². The minimum atomic E-state index is -0.765. The summed E-state index contributed by atoms with van der Waals surface area (Å²) < 4.78 is 0. The van der Waals surface area contributed by atoms with Crippen molar-refractivity contribution >= 4 is 17.3 Å². The van der Waals surface area contributed by atoms with Gasteiger partial charge >= 0.3 is 5.97 Å². The van der Waals surface area contributed by atoms with Crippen molar-refractivity contribution in [1.82, 2.24) is 4.90 Å². The van der Waals surface area contributed by atoms with Gasteiger partial charge in [0.1, 0.15) is 0 Å². The van der Waals surface area contributed by atoms with E-state index in [9.17, 15) is 4.79 Å². The minimum absolute atomic E-state index is 0.103. The van der Waals surface area contributed by atoms with Crippen molar-refractivity contribution in [2.24, 2.45) is 0 Å². The average Bonchev–Trinajstić information content (AvgIpc) is 2.87. The first kappa shape index (κ1) is 15.7. The number of hydrogen-bond acceptors (Lipinski definition) is 3. The van der Waals surface area contributed by atoms with Gasteiger partial charge in [-0.2, -0.15) is 0 Å². The molecule has 1 aromatic heterocycles. The summed E-state index contributed by atoms with van der Waals surface area (Å²) in [6.07, 6.45) is 0.962. The number of hydrogen-bond donors (Lipinski definition) is 1. The summed E-state index contributed by atoms with van der Waals surface area (Å²) in [6.45, 7) is 5.77. The lowest BCUT2D eigenvalue weighted by Gasteiger charge is -2.18. The Kier molecular flexibility index (Phi) is 5.53. The highest BCUT2D eigenvalue weighted by Gasteiger charge is 2.11. The number of aliphatic carboxylic acids is 1. The molecular weight excluding hydrogens is 282 g/mol. The highest BCUT2D eigenvalue weighted by atomic mass is 32.1. The molecule has 0 saturated heterocycles. The molecule has 0 fully saturated rings.